The first-order valence-corrected chi connectivity index (χ1v) is 6.20. The second-order valence-electron chi connectivity index (χ2n) is 5.87. The maximum atomic E-state index is 3.28. The number of rotatable bonds is 3. The van der Waals surface area contributed by atoms with Crippen molar-refractivity contribution in [1.29, 1.82) is 0 Å². The predicted molar refractivity (Wildman–Crippen MR) is 63.4 cm³/mol. The fourth-order valence-corrected chi connectivity index (χ4v) is 2.60. The van der Waals surface area contributed by atoms with Crippen molar-refractivity contribution in [1.82, 2.24) is 5.32 Å². The van der Waals surface area contributed by atoms with Gasteiger partial charge in [0, 0.05) is 0 Å². The van der Waals surface area contributed by atoms with Crippen molar-refractivity contribution in [2.75, 3.05) is 13.6 Å². The van der Waals surface area contributed by atoms with Crippen LogP contribution >= 0.6 is 0 Å². The number of nitrogens with one attached hydrogen (secondary N) is 1. The first kappa shape index (κ1) is 12.0. The molecule has 2 unspecified atom stereocenters. The lowest BCUT2D eigenvalue weighted by atomic mass is 9.84. The van der Waals surface area contributed by atoms with E-state index in [4.69, 9.17) is 0 Å². The van der Waals surface area contributed by atoms with E-state index < -0.39 is 0 Å². The van der Waals surface area contributed by atoms with Crippen LogP contribution in [0.5, 0.6) is 0 Å². The van der Waals surface area contributed by atoms with Crippen LogP contribution in [-0.2, 0) is 0 Å². The second-order valence-corrected chi connectivity index (χ2v) is 5.87. The summed E-state index contributed by atoms with van der Waals surface area (Å²) in [6.45, 7) is 8.50. The Balaban J connectivity index is 2.43. The summed E-state index contributed by atoms with van der Waals surface area (Å²) >= 11 is 0. The van der Waals surface area contributed by atoms with Gasteiger partial charge in [-0.3, -0.25) is 0 Å². The molecular formula is C13H27N. The standard InChI is InChI=1S/C13H27N/c1-11-5-8-13(2,3)9-6-12(11)7-10-14-4/h11-12,14H,5-10H2,1-4H3. The normalized spacial score (nSPS) is 32.6. The van der Waals surface area contributed by atoms with Crippen molar-refractivity contribution < 1.29 is 0 Å². The van der Waals surface area contributed by atoms with Crippen molar-refractivity contribution in [2.24, 2.45) is 17.3 Å². The largest absolute Gasteiger partial charge is 0.320 e. The molecule has 0 spiro atoms. The molecule has 0 bridgehead atoms. The summed E-state index contributed by atoms with van der Waals surface area (Å²) in [7, 11) is 2.06. The smallest absolute Gasteiger partial charge is 0.00492 e. The molecule has 1 aliphatic rings. The van der Waals surface area contributed by atoms with Crippen molar-refractivity contribution in [3.8, 4) is 0 Å². The molecule has 2 atom stereocenters. The number of hydrogen-bond acceptors (Lipinski definition) is 1. The van der Waals surface area contributed by atoms with Crippen LogP contribution < -0.4 is 5.32 Å². The van der Waals surface area contributed by atoms with Gasteiger partial charge in [-0.25, -0.2) is 0 Å². The van der Waals surface area contributed by atoms with Crippen LogP contribution in [0.1, 0.15) is 52.9 Å². The highest BCUT2D eigenvalue weighted by Crippen LogP contribution is 2.39. The molecule has 14 heavy (non-hydrogen) atoms. The van der Waals surface area contributed by atoms with Gasteiger partial charge < -0.3 is 5.32 Å². The van der Waals surface area contributed by atoms with Gasteiger partial charge in [0.25, 0.3) is 0 Å². The van der Waals surface area contributed by atoms with E-state index in [0.717, 1.165) is 11.8 Å². The third kappa shape index (κ3) is 3.61. The molecule has 1 rings (SSSR count). The summed E-state index contributed by atoms with van der Waals surface area (Å²) in [6, 6.07) is 0. The van der Waals surface area contributed by atoms with Gasteiger partial charge in [0.1, 0.15) is 0 Å². The Morgan fingerprint density at radius 2 is 1.86 bits per heavy atom. The van der Waals surface area contributed by atoms with Gasteiger partial charge in [-0.2, -0.15) is 0 Å². The quantitative estimate of drug-likeness (QED) is 0.683. The summed E-state index contributed by atoms with van der Waals surface area (Å²) in [5.41, 5.74) is 0.600. The lowest BCUT2D eigenvalue weighted by molar-refractivity contribution is 0.304. The zero-order valence-electron chi connectivity index (χ0n) is 10.4. The summed E-state index contributed by atoms with van der Waals surface area (Å²) in [6.07, 6.45) is 7.08. The van der Waals surface area contributed by atoms with Crippen LogP contribution in [0.25, 0.3) is 0 Å². The predicted octanol–water partition coefficient (Wildman–Crippen LogP) is 3.45. The molecule has 0 aromatic heterocycles. The molecule has 0 aliphatic heterocycles. The van der Waals surface area contributed by atoms with Crippen molar-refractivity contribution in [3.63, 3.8) is 0 Å². The Hall–Kier alpha value is -0.0400. The molecule has 0 heterocycles. The molecule has 0 aromatic rings. The molecule has 1 fully saturated rings. The molecule has 1 nitrogen and oxygen atoms in total. The van der Waals surface area contributed by atoms with Gasteiger partial charge in [0.2, 0.25) is 0 Å². The number of hydrogen-bond donors (Lipinski definition) is 1. The zero-order chi connectivity index (χ0) is 10.6. The van der Waals surface area contributed by atoms with E-state index in [9.17, 15) is 0 Å². The maximum absolute atomic E-state index is 3.28. The van der Waals surface area contributed by atoms with Gasteiger partial charge in [-0.1, -0.05) is 20.8 Å². The lowest BCUT2D eigenvalue weighted by Gasteiger charge is -2.22. The average molecular weight is 197 g/mol. The van der Waals surface area contributed by atoms with Crippen molar-refractivity contribution in [3.05, 3.63) is 0 Å². The van der Waals surface area contributed by atoms with E-state index in [1.807, 2.05) is 0 Å². The van der Waals surface area contributed by atoms with E-state index in [1.165, 1.54) is 38.6 Å². The summed E-state index contributed by atoms with van der Waals surface area (Å²) in [4.78, 5) is 0. The molecule has 0 amide bonds. The minimum absolute atomic E-state index is 0.600. The third-order valence-electron chi connectivity index (χ3n) is 4.04. The first-order chi connectivity index (χ1) is 6.55. The molecule has 0 saturated heterocycles. The minimum atomic E-state index is 0.600. The van der Waals surface area contributed by atoms with Crippen LogP contribution in [0.15, 0.2) is 0 Å². The lowest BCUT2D eigenvalue weighted by Crippen LogP contribution is -2.17. The van der Waals surface area contributed by atoms with Crippen LogP contribution in [0.2, 0.25) is 0 Å². The van der Waals surface area contributed by atoms with Crippen LogP contribution in [-0.4, -0.2) is 13.6 Å². The molecule has 0 aromatic carbocycles. The van der Waals surface area contributed by atoms with Crippen molar-refractivity contribution >= 4 is 0 Å². The fraction of sp³-hybridized carbons (Fsp3) is 1.00. The van der Waals surface area contributed by atoms with Crippen LogP contribution in [0.4, 0.5) is 0 Å². The monoisotopic (exact) mass is 197 g/mol. The van der Waals surface area contributed by atoms with E-state index in [1.54, 1.807) is 0 Å². The van der Waals surface area contributed by atoms with Gasteiger partial charge in [0.05, 0.1) is 0 Å². The first-order valence-electron chi connectivity index (χ1n) is 6.20. The molecule has 1 heteroatoms. The Bertz CT molecular complexity index is 163. The Kier molecular flexibility index (Phi) is 4.43. The van der Waals surface area contributed by atoms with Gasteiger partial charge in [-0.05, 0) is 62.9 Å². The second kappa shape index (κ2) is 5.16. The molecular weight excluding hydrogens is 170 g/mol. The topological polar surface area (TPSA) is 12.0 Å². The molecule has 1 N–H and O–H groups in total. The van der Waals surface area contributed by atoms with E-state index >= 15 is 0 Å². The molecule has 1 aliphatic carbocycles. The molecule has 84 valence electrons. The zero-order valence-corrected chi connectivity index (χ0v) is 10.4. The summed E-state index contributed by atoms with van der Waals surface area (Å²) in [5.74, 6) is 1.90. The van der Waals surface area contributed by atoms with Gasteiger partial charge in [0.15, 0.2) is 0 Å². The average Bonchev–Trinajstić information content (AvgIpc) is 2.25. The Morgan fingerprint density at radius 1 is 1.21 bits per heavy atom. The van der Waals surface area contributed by atoms with E-state index in [2.05, 4.69) is 33.1 Å². The molecule has 1 saturated carbocycles. The van der Waals surface area contributed by atoms with Crippen molar-refractivity contribution in [2.45, 2.75) is 52.9 Å². The van der Waals surface area contributed by atoms with Crippen LogP contribution in [0.3, 0.4) is 0 Å². The van der Waals surface area contributed by atoms with Crippen LogP contribution in [0, 0.1) is 17.3 Å². The Labute approximate surface area is 89.7 Å². The van der Waals surface area contributed by atoms with E-state index in [-0.39, 0.29) is 0 Å². The molecule has 0 radical (unpaired) electrons. The van der Waals surface area contributed by atoms with Gasteiger partial charge >= 0.3 is 0 Å². The Morgan fingerprint density at radius 3 is 2.50 bits per heavy atom. The van der Waals surface area contributed by atoms with Gasteiger partial charge in [-0.15, -0.1) is 0 Å². The maximum Gasteiger partial charge on any atom is -0.00492 e. The summed E-state index contributed by atoms with van der Waals surface area (Å²) < 4.78 is 0. The highest BCUT2D eigenvalue weighted by Gasteiger charge is 2.28. The SMILES string of the molecule is CNCCC1CCC(C)(C)CCC1C. The van der Waals surface area contributed by atoms with E-state index in [0.29, 0.717) is 5.41 Å². The summed E-state index contributed by atoms with van der Waals surface area (Å²) in [5, 5.41) is 3.28. The third-order valence-corrected chi connectivity index (χ3v) is 4.04. The highest BCUT2D eigenvalue weighted by atomic mass is 14.8. The minimum Gasteiger partial charge on any atom is -0.320 e. The fourth-order valence-electron chi connectivity index (χ4n) is 2.60. The highest BCUT2D eigenvalue weighted by molar-refractivity contribution is 4.79.